The summed E-state index contributed by atoms with van der Waals surface area (Å²) in [6.45, 7) is 4.67. The van der Waals surface area contributed by atoms with Crippen LogP contribution in [0.25, 0.3) is 0 Å². The summed E-state index contributed by atoms with van der Waals surface area (Å²) in [5.41, 5.74) is 0.290. The van der Waals surface area contributed by atoms with Crippen LogP contribution in [0, 0.1) is 11.2 Å². The Kier molecular flexibility index (Phi) is 6.27. The molecule has 5 heteroatoms. The Bertz CT molecular complexity index is 451. The zero-order chi connectivity index (χ0) is 14.5. The van der Waals surface area contributed by atoms with Crippen LogP contribution in [0.1, 0.15) is 37.0 Å². The first-order chi connectivity index (χ1) is 8.85. The number of amides is 1. The molecule has 0 fully saturated rings. The van der Waals surface area contributed by atoms with E-state index in [1.165, 1.54) is 18.2 Å². The molecule has 0 aliphatic carbocycles. The first-order valence-corrected chi connectivity index (χ1v) is 7.48. The summed E-state index contributed by atoms with van der Waals surface area (Å²) in [5, 5.41) is 2.84. The van der Waals surface area contributed by atoms with Crippen molar-refractivity contribution < 1.29 is 9.18 Å². The summed E-state index contributed by atoms with van der Waals surface area (Å²) < 4.78 is 13.7. The van der Waals surface area contributed by atoms with E-state index in [4.69, 9.17) is 11.6 Å². The summed E-state index contributed by atoms with van der Waals surface area (Å²) in [5.74, 6) is -0.0765. The zero-order valence-corrected chi connectivity index (χ0v) is 13.4. The van der Waals surface area contributed by atoms with Gasteiger partial charge in [-0.3, -0.25) is 4.79 Å². The Labute approximate surface area is 126 Å². The molecule has 0 radical (unpaired) electrons. The van der Waals surface area contributed by atoms with Gasteiger partial charge < -0.3 is 5.32 Å². The van der Waals surface area contributed by atoms with E-state index in [9.17, 15) is 9.18 Å². The lowest BCUT2D eigenvalue weighted by molar-refractivity contribution is 0.0933. The molecule has 0 heterocycles. The minimum atomic E-state index is -0.422. The summed E-state index contributed by atoms with van der Waals surface area (Å²) in [7, 11) is 0. The number of hydrogen-bond donors (Lipinski definition) is 1. The maximum atomic E-state index is 13.1. The van der Waals surface area contributed by atoms with E-state index in [2.05, 4.69) is 35.1 Å². The van der Waals surface area contributed by atoms with E-state index in [0.29, 0.717) is 22.5 Å². The molecule has 19 heavy (non-hydrogen) atoms. The zero-order valence-electron chi connectivity index (χ0n) is 11.1. The minimum Gasteiger partial charge on any atom is -0.351 e. The Hall–Kier alpha value is -0.610. The first kappa shape index (κ1) is 16.4. The molecule has 0 saturated carbocycles. The molecular formula is C14H18BrClFNO. The van der Waals surface area contributed by atoms with E-state index in [1.807, 2.05) is 0 Å². The van der Waals surface area contributed by atoms with E-state index < -0.39 is 5.82 Å². The second-order valence-corrected chi connectivity index (χ2v) is 6.50. The monoisotopic (exact) mass is 349 g/mol. The molecule has 0 atom stereocenters. The van der Waals surface area contributed by atoms with Gasteiger partial charge in [0.2, 0.25) is 0 Å². The largest absolute Gasteiger partial charge is 0.351 e. The molecule has 0 saturated heterocycles. The van der Waals surface area contributed by atoms with Crippen LogP contribution in [0.2, 0.25) is 0 Å². The lowest BCUT2D eigenvalue weighted by atomic mass is 9.88. The van der Waals surface area contributed by atoms with Crippen LogP contribution in [0.3, 0.4) is 0 Å². The first-order valence-electron chi connectivity index (χ1n) is 6.15. The van der Waals surface area contributed by atoms with E-state index in [1.54, 1.807) is 0 Å². The highest BCUT2D eigenvalue weighted by Crippen LogP contribution is 2.22. The second-order valence-electron chi connectivity index (χ2n) is 5.26. The molecule has 1 aromatic rings. The van der Waals surface area contributed by atoms with Crippen LogP contribution in [0.5, 0.6) is 0 Å². The number of alkyl halides is 1. The molecule has 1 N–H and O–H groups in total. The van der Waals surface area contributed by atoms with Gasteiger partial charge in [0.15, 0.2) is 0 Å². The molecule has 0 bridgehead atoms. The third-order valence-corrected chi connectivity index (χ3v) is 3.85. The maximum Gasteiger partial charge on any atom is 0.252 e. The summed E-state index contributed by atoms with van der Waals surface area (Å²) in [4.78, 5) is 12.0. The number of halogens is 3. The molecule has 0 aliphatic heterocycles. The van der Waals surface area contributed by atoms with Gasteiger partial charge in [-0.1, -0.05) is 13.8 Å². The molecular weight excluding hydrogens is 333 g/mol. The highest BCUT2D eigenvalue weighted by molar-refractivity contribution is 9.10. The van der Waals surface area contributed by atoms with Gasteiger partial charge >= 0.3 is 0 Å². The predicted molar refractivity (Wildman–Crippen MR) is 80.2 cm³/mol. The van der Waals surface area contributed by atoms with Gasteiger partial charge in [0, 0.05) is 16.9 Å². The lowest BCUT2D eigenvalue weighted by Crippen LogP contribution is -2.34. The van der Waals surface area contributed by atoms with Crippen molar-refractivity contribution in [2.75, 3.05) is 12.4 Å². The van der Waals surface area contributed by atoms with E-state index in [-0.39, 0.29) is 11.3 Å². The van der Waals surface area contributed by atoms with Crippen molar-refractivity contribution in [2.24, 2.45) is 5.41 Å². The molecule has 106 valence electrons. The molecule has 1 aromatic carbocycles. The van der Waals surface area contributed by atoms with Gasteiger partial charge in [-0.25, -0.2) is 4.39 Å². The normalized spacial score (nSPS) is 11.4. The molecule has 0 aliphatic rings. The van der Waals surface area contributed by atoms with Gasteiger partial charge in [-0.2, -0.15) is 0 Å². The van der Waals surface area contributed by atoms with E-state index >= 15 is 0 Å². The second kappa shape index (κ2) is 7.25. The van der Waals surface area contributed by atoms with Gasteiger partial charge in [0.1, 0.15) is 5.82 Å². The molecule has 0 unspecified atom stereocenters. The average molecular weight is 351 g/mol. The van der Waals surface area contributed by atoms with Crippen molar-refractivity contribution >= 4 is 33.4 Å². The number of nitrogens with one attached hydrogen (secondary N) is 1. The van der Waals surface area contributed by atoms with Crippen LogP contribution in [-0.4, -0.2) is 18.3 Å². The summed E-state index contributed by atoms with van der Waals surface area (Å²) in [6, 6.07) is 4.07. The van der Waals surface area contributed by atoms with Crippen molar-refractivity contribution in [3.8, 4) is 0 Å². The average Bonchev–Trinajstić information content (AvgIpc) is 2.36. The van der Waals surface area contributed by atoms with E-state index in [0.717, 1.165) is 12.8 Å². The Morgan fingerprint density at radius 3 is 2.79 bits per heavy atom. The number of benzene rings is 1. The van der Waals surface area contributed by atoms with Crippen molar-refractivity contribution in [3.05, 3.63) is 34.1 Å². The lowest BCUT2D eigenvalue weighted by Gasteiger charge is -2.24. The molecule has 0 spiro atoms. The Morgan fingerprint density at radius 2 is 2.16 bits per heavy atom. The smallest absolute Gasteiger partial charge is 0.252 e. The van der Waals surface area contributed by atoms with Crippen molar-refractivity contribution in [1.82, 2.24) is 5.32 Å². The van der Waals surface area contributed by atoms with Gasteiger partial charge in [-0.15, -0.1) is 11.6 Å². The van der Waals surface area contributed by atoms with Crippen LogP contribution in [-0.2, 0) is 0 Å². The van der Waals surface area contributed by atoms with Crippen LogP contribution < -0.4 is 5.32 Å². The molecule has 0 aromatic heterocycles. The van der Waals surface area contributed by atoms with Gasteiger partial charge in [0.25, 0.3) is 5.91 Å². The molecule has 1 rings (SSSR count). The quantitative estimate of drug-likeness (QED) is 0.759. The van der Waals surface area contributed by atoms with Crippen molar-refractivity contribution in [2.45, 2.75) is 26.7 Å². The van der Waals surface area contributed by atoms with Gasteiger partial charge in [0.05, 0.1) is 5.56 Å². The number of rotatable bonds is 6. The highest BCUT2D eigenvalue weighted by Gasteiger charge is 2.19. The topological polar surface area (TPSA) is 29.1 Å². The molecule has 2 nitrogen and oxygen atoms in total. The third-order valence-electron chi connectivity index (χ3n) is 2.89. The Balaban J connectivity index is 2.62. The van der Waals surface area contributed by atoms with Crippen LogP contribution in [0.4, 0.5) is 4.39 Å². The van der Waals surface area contributed by atoms with Gasteiger partial charge in [-0.05, 0) is 52.4 Å². The summed E-state index contributed by atoms with van der Waals surface area (Å²) in [6.07, 6.45) is 1.84. The van der Waals surface area contributed by atoms with Crippen molar-refractivity contribution in [3.63, 3.8) is 0 Å². The summed E-state index contributed by atoms with van der Waals surface area (Å²) >= 11 is 8.92. The fraction of sp³-hybridized carbons (Fsp3) is 0.500. The third kappa shape index (κ3) is 5.49. The fourth-order valence-electron chi connectivity index (χ4n) is 1.72. The fourth-order valence-corrected chi connectivity index (χ4v) is 2.28. The maximum absolute atomic E-state index is 13.1. The predicted octanol–water partition coefficient (Wildman–Crippen LogP) is 4.36. The van der Waals surface area contributed by atoms with Crippen LogP contribution >= 0.6 is 27.5 Å². The number of hydrogen-bond acceptors (Lipinski definition) is 1. The minimum absolute atomic E-state index is 0.0235. The van der Waals surface area contributed by atoms with Crippen molar-refractivity contribution in [1.29, 1.82) is 0 Å². The highest BCUT2D eigenvalue weighted by atomic mass is 79.9. The number of carbonyl (C=O) groups is 1. The van der Waals surface area contributed by atoms with Crippen LogP contribution in [0.15, 0.2) is 22.7 Å². The number of carbonyl (C=O) groups excluding carboxylic acids is 1. The SMILES string of the molecule is CC(C)(CCCCl)CNC(=O)c1cc(F)ccc1Br. The molecule has 1 amide bonds. The standard InChI is InChI=1S/C14H18BrClFNO/c1-14(2,6-3-7-16)9-18-13(19)11-8-10(17)4-5-12(11)15/h4-5,8H,3,6-7,9H2,1-2H3,(H,18,19). The Morgan fingerprint density at radius 1 is 1.47 bits per heavy atom.